The van der Waals surface area contributed by atoms with Gasteiger partial charge in [0.25, 0.3) is 0 Å². The molecule has 1 N–H and O–H groups in total. The first-order chi connectivity index (χ1) is 7.11. The Kier molecular flexibility index (Phi) is 5.05. The lowest BCUT2D eigenvalue weighted by molar-refractivity contribution is -0.128. The van der Waals surface area contributed by atoms with Crippen molar-refractivity contribution < 1.29 is 9.53 Å². The maximum Gasteiger partial charge on any atom is 0.237 e. The molecule has 1 aliphatic rings. The highest BCUT2D eigenvalue weighted by atomic mass is 16.5. The van der Waals surface area contributed by atoms with E-state index in [1.165, 1.54) is 0 Å². The number of carbonyl (C=O) groups excluding carboxylic acids is 1. The van der Waals surface area contributed by atoms with Crippen LogP contribution in [0.1, 0.15) is 27.2 Å². The van der Waals surface area contributed by atoms with Gasteiger partial charge in [-0.05, 0) is 19.3 Å². The molecule has 1 unspecified atom stereocenters. The molecule has 0 aromatic rings. The van der Waals surface area contributed by atoms with Crippen LogP contribution in [0.5, 0.6) is 0 Å². The Morgan fingerprint density at radius 3 is 2.80 bits per heavy atom. The Labute approximate surface area is 92.0 Å². The van der Waals surface area contributed by atoms with E-state index in [1.54, 1.807) is 0 Å². The molecule has 0 aromatic carbocycles. The average Bonchev–Trinajstić information content (AvgIpc) is 2.47. The number of hydrogen-bond acceptors (Lipinski definition) is 3. The van der Waals surface area contributed by atoms with Crippen LogP contribution < -0.4 is 5.32 Å². The van der Waals surface area contributed by atoms with Crippen molar-refractivity contribution in [1.82, 2.24) is 10.2 Å². The largest absolute Gasteiger partial charge is 0.380 e. The minimum Gasteiger partial charge on any atom is -0.380 e. The lowest BCUT2D eigenvalue weighted by Gasteiger charge is -2.20. The van der Waals surface area contributed by atoms with Crippen LogP contribution in [0.4, 0.5) is 0 Å². The van der Waals surface area contributed by atoms with Crippen LogP contribution >= 0.6 is 0 Å². The Morgan fingerprint density at radius 1 is 1.53 bits per heavy atom. The van der Waals surface area contributed by atoms with Crippen LogP contribution in [0, 0.1) is 5.92 Å². The fourth-order valence-electron chi connectivity index (χ4n) is 1.57. The van der Waals surface area contributed by atoms with Gasteiger partial charge in [0.1, 0.15) is 0 Å². The summed E-state index contributed by atoms with van der Waals surface area (Å²) in [5.41, 5.74) is 0. The van der Waals surface area contributed by atoms with Gasteiger partial charge in [0.2, 0.25) is 5.91 Å². The van der Waals surface area contributed by atoms with Crippen LogP contribution in [-0.2, 0) is 9.53 Å². The molecule has 1 aliphatic heterocycles. The molecule has 0 saturated carbocycles. The van der Waals surface area contributed by atoms with E-state index >= 15 is 0 Å². The van der Waals surface area contributed by atoms with Crippen molar-refractivity contribution in [3.63, 3.8) is 0 Å². The van der Waals surface area contributed by atoms with E-state index in [9.17, 15) is 4.79 Å². The maximum atomic E-state index is 11.4. The summed E-state index contributed by atoms with van der Waals surface area (Å²) in [6.07, 6.45) is 1.24. The van der Waals surface area contributed by atoms with E-state index in [2.05, 4.69) is 19.2 Å². The zero-order chi connectivity index (χ0) is 11.3. The molecule has 1 rings (SSSR count). The number of amides is 1. The van der Waals surface area contributed by atoms with Gasteiger partial charge >= 0.3 is 0 Å². The quantitative estimate of drug-likeness (QED) is 0.666. The molecule has 1 heterocycles. The van der Waals surface area contributed by atoms with E-state index in [0.717, 1.165) is 13.0 Å². The van der Waals surface area contributed by atoms with E-state index in [4.69, 9.17) is 4.74 Å². The van der Waals surface area contributed by atoms with E-state index in [-0.39, 0.29) is 12.1 Å². The summed E-state index contributed by atoms with van der Waals surface area (Å²) in [6, 6.07) is 0. The van der Waals surface area contributed by atoms with Crippen molar-refractivity contribution >= 4 is 5.91 Å². The fraction of sp³-hybridized carbons (Fsp3) is 0.909. The second-order valence-corrected chi connectivity index (χ2v) is 4.44. The third-order valence-corrected chi connectivity index (χ3v) is 2.65. The smallest absolute Gasteiger partial charge is 0.237 e. The van der Waals surface area contributed by atoms with E-state index in [1.807, 2.05) is 11.8 Å². The summed E-state index contributed by atoms with van der Waals surface area (Å²) in [5, 5.41) is 3.10. The molecule has 1 saturated heterocycles. The second-order valence-electron chi connectivity index (χ2n) is 4.44. The van der Waals surface area contributed by atoms with Crippen LogP contribution in [0.2, 0.25) is 0 Å². The van der Waals surface area contributed by atoms with Gasteiger partial charge in [0, 0.05) is 13.2 Å². The van der Waals surface area contributed by atoms with Crippen molar-refractivity contribution in [2.45, 2.75) is 33.4 Å². The fourth-order valence-corrected chi connectivity index (χ4v) is 1.57. The first kappa shape index (κ1) is 12.5. The molecule has 1 fully saturated rings. The number of rotatable bonds is 6. The molecule has 4 nitrogen and oxygen atoms in total. The molecule has 0 aliphatic carbocycles. The highest BCUT2D eigenvalue weighted by molar-refractivity contribution is 5.80. The molecule has 1 amide bonds. The standard InChI is InChI=1S/C11H22N2O2/c1-9(2)4-6-15-7-5-13-10(3)12-8-11(13)14/h9-10,12H,4-8H2,1-3H3. The van der Waals surface area contributed by atoms with Crippen LogP contribution in [0.15, 0.2) is 0 Å². The molecule has 0 aromatic heterocycles. The molecule has 4 heteroatoms. The molecule has 1 atom stereocenters. The molecule has 0 radical (unpaired) electrons. The monoisotopic (exact) mass is 214 g/mol. The average molecular weight is 214 g/mol. The zero-order valence-electron chi connectivity index (χ0n) is 9.95. The van der Waals surface area contributed by atoms with Crippen LogP contribution in [0.25, 0.3) is 0 Å². The van der Waals surface area contributed by atoms with Gasteiger partial charge in [-0.3, -0.25) is 10.1 Å². The maximum absolute atomic E-state index is 11.4. The molecule has 0 bridgehead atoms. The summed E-state index contributed by atoms with van der Waals surface area (Å²) in [7, 11) is 0. The SMILES string of the molecule is CC(C)CCOCCN1C(=O)CNC1C. The number of carbonyl (C=O) groups is 1. The van der Waals surface area contributed by atoms with Gasteiger partial charge in [-0.25, -0.2) is 0 Å². The summed E-state index contributed by atoms with van der Waals surface area (Å²) >= 11 is 0. The Morgan fingerprint density at radius 2 is 2.27 bits per heavy atom. The minimum atomic E-state index is 0.159. The van der Waals surface area contributed by atoms with Gasteiger partial charge < -0.3 is 9.64 Å². The van der Waals surface area contributed by atoms with E-state index in [0.29, 0.717) is 25.6 Å². The van der Waals surface area contributed by atoms with Crippen LogP contribution in [-0.4, -0.2) is 43.3 Å². The molecule has 0 spiro atoms. The Hall–Kier alpha value is -0.610. The second kappa shape index (κ2) is 6.08. The topological polar surface area (TPSA) is 41.6 Å². The first-order valence-electron chi connectivity index (χ1n) is 5.72. The van der Waals surface area contributed by atoms with Gasteiger partial charge in [-0.15, -0.1) is 0 Å². The zero-order valence-corrected chi connectivity index (χ0v) is 9.95. The molecule has 15 heavy (non-hydrogen) atoms. The molecular weight excluding hydrogens is 192 g/mol. The van der Waals surface area contributed by atoms with Gasteiger partial charge in [0.15, 0.2) is 0 Å². The predicted octanol–water partition coefficient (Wildman–Crippen LogP) is 0.827. The highest BCUT2D eigenvalue weighted by Gasteiger charge is 2.25. The van der Waals surface area contributed by atoms with Gasteiger partial charge in [-0.1, -0.05) is 13.8 Å². The van der Waals surface area contributed by atoms with Crippen molar-refractivity contribution in [2.24, 2.45) is 5.92 Å². The van der Waals surface area contributed by atoms with Crippen molar-refractivity contribution in [3.05, 3.63) is 0 Å². The normalized spacial score (nSPS) is 21.7. The lowest BCUT2D eigenvalue weighted by atomic mass is 10.1. The minimum absolute atomic E-state index is 0.159. The number of ether oxygens (including phenoxy) is 1. The third kappa shape index (κ3) is 4.18. The highest BCUT2D eigenvalue weighted by Crippen LogP contribution is 2.04. The number of nitrogens with one attached hydrogen (secondary N) is 1. The van der Waals surface area contributed by atoms with E-state index < -0.39 is 0 Å². The lowest BCUT2D eigenvalue weighted by Crippen LogP contribution is -2.37. The number of nitrogens with zero attached hydrogens (tertiary/aromatic N) is 1. The van der Waals surface area contributed by atoms with Crippen molar-refractivity contribution in [2.75, 3.05) is 26.3 Å². The van der Waals surface area contributed by atoms with Crippen molar-refractivity contribution in [1.29, 1.82) is 0 Å². The molecule has 88 valence electrons. The first-order valence-corrected chi connectivity index (χ1v) is 5.72. The van der Waals surface area contributed by atoms with Gasteiger partial charge in [-0.2, -0.15) is 0 Å². The summed E-state index contributed by atoms with van der Waals surface area (Å²) in [4.78, 5) is 13.2. The Balaban J connectivity index is 2.07. The van der Waals surface area contributed by atoms with Crippen molar-refractivity contribution in [3.8, 4) is 0 Å². The summed E-state index contributed by atoms with van der Waals surface area (Å²) in [6.45, 7) is 8.96. The Bertz CT molecular complexity index is 207. The predicted molar refractivity (Wildman–Crippen MR) is 59.5 cm³/mol. The number of hydrogen-bond donors (Lipinski definition) is 1. The van der Waals surface area contributed by atoms with Crippen LogP contribution in [0.3, 0.4) is 0 Å². The molecular formula is C11H22N2O2. The third-order valence-electron chi connectivity index (χ3n) is 2.65. The summed E-state index contributed by atoms with van der Waals surface area (Å²) < 4.78 is 5.48. The van der Waals surface area contributed by atoms with Gasteiger partial charge in [0.05, 0.1) is 19.3 Å². The summed E-state index contributed by atoms with van der Waals surface area (Å²) in [5.74, 6) is 0.856.